The highest BCUT2D eigenvalue weighted by Gasteiger charge is 2.23. The van der Waals surface area contributed by atoms with Crippen LogP contribution < -0.4 is 0 Å². The molecule has 1 aromatic carbocycles. The lowest BCUT2D eigenvalue weighted by molar-refractivity contribution is -0.154. The second kappa shape index (κ2) is 40.7. The SMILES string of the molecule is C.C.C.C.C.C.C.C.C.C.C.CCC(=O)C(C)CC(CC)C(=O)OCCOC(=O)/C=C\c1ccccc1. The third-order valence-electron chi connectivity index (χ3n) is 4.15. The Kier molecular flexibility index (Phi) is 77.2. The van der Waals surface area contributed by atoms with Crippen molar-refractivity contribution in [1.82, 2.24) is 0 Å². The molecule has 0 fully saturated rings. The van der Waals surface area contributed by atoms with Crippen LogP contribution >= 0.6 is 0 Å². The summed E-state index contributed by atoms with van der Waals surface area (Å²) in [6.45, 7) is 5.56. The summed E-state index contributed by atoms with van der Waals surface area (Å²) in [5, 5.41) is 0. The molecular weight excluding hydrogens is 464 g/mol. The van der Waals surface area contributed by atoms with Crippen molar-refractivity contribution in [2.75, 3.05) is 13.2 Å². The van der Waals surface area contributed by atoms with Crippen LogP contribution in [0.25, 0.3) is 6.08 Å². The van der Waals surface area contributed by atoms with Gasteiger partial charge >= 0.3 is 11.9 Å². The zero-order valence-corrected chi connectivity index (χ0v) is 15.8. The molecule has 5 heteroatoms. The molecule has 230 valence electrons. The normalized spacial score (nSPS) is 9.27. The van der Waals surface area contributed by atoms with Crippen molar-refractivity contribution in [3.05, 3.63) is 42.0 Å². The maximum absolute atomic E-state index is 12.1. The van der Waals surface area contributed by atoms with E-state index in [1.807, 2.05) is 51.1 Å². The summed E-state index contributed by atoms with van der Waals surface area (Å²) < 4.78 is 10.2. The van der Waals surface area contributed by atoms with Crippen LogP contribution in [0.3, 0.4) is 0 Å². The Labute approximate surface area is 236 Å². The summed E-state index contributed by atoms with van der Waals surface area (Å²) in [7, 11) is 0. The molecule has 2 atom stereocenters. The maximum Gasteiger partial charge on any atom is 0.330 e. The summed E-state index contributed by atoms with van der Waals surface area (Å²) in [5.74, 6) is -1.15. The maximum atomic E-state index is 12.1. The number of ketones is 1. The van der Waals surface area contributed by atoms with Crippen molar-refractivity contribution in [2.24, 2.45) is 11.8 Å². The van der Waals surface area contributed by atoms with E-state index in [1.165, 1.54) is 6.08 Å². The van der Waals surface area contributed by atoms with Crippen molar-refractivity contribution < 1.29 is 23.9 Å². The summed E-state index contributed by atoms with van der Waals surface area (Å²) in [4.78, 5) is 35.4. The van der Waals surface area contributed by atoms with Gasteiger partial charge < -0.3 is 9.47 Å². The molecule has 5 nitrogen and oxygen atoms in total. The highest BCUT2D eigenvalue weighted by Crippen LogP contribution is 2.19. The molecule has 0 heterocycles. The first-order valence-electron chi connectivity index (χ1n) is 9.07. The van der Waals surface area contributed by atoms with E-state index in [0.717, 1.165) is 5.56 Å². The van der Waals surface area contributed by atoms with Gasteiger partial charge in [-0.25, -0.2) is 4.79 Å². The van der Waals surface area contributed by atoms with Crippen molar-refractivity contribution in [3.8, 4) is 0 Å². The van der Waals surface area contributed by atoms with Crippen LogP contribution in [0.2, 0.25) is 0 Å². The van der Waals surface area contributed by atoms with E-state index < -0.39 is 5.97 Å². The molecule has 1 aromatic rings. The number of Topliss-reactive ketones (excluding diaryl/α,β-unsaturated/α-hetero) is 1. The van der Waals surface area contributed by atoms with Gasteiger partial charge in [0.2, 0.25) is 0 Å². The Bertz CT molecular complexity index is 609. The fourth-order valence-corrected chi connectivity index (χ4v) is 2.52. The molecule has 0 N–H and O–H groups in total. The minimum absolute atomic E-state index is 0. The molecule has 0 saturated heterocycles. The smallest absolute Gasteiger partial charge is 0.330 e. The number of rotatable bonds is 11. The number of carbonyl (C=O) groups excluding carboxylic acids is 3. The van der Waals surface area contributed by atoms with E-state index >= 15 is 0 Å². The van der Waals surface area contributed by atoms with Crippen LogP contribution in [0.4, 0.5) is 0 Å². The first-order chi connectivity index (χ1) is 12.5. The van der Waals surface area contributed by atoms with Gasteiger partial charge in [0.1, 0.15) is 19.0 Å². The van der Waals surface area contributed by atoms with Crippen LogP contribution in [0.15, 0.2) is 36.4 Å². The number of carbonyl (C=O) groups is 3. The summed E-state index contributed by atoms with van der Waals surface area (Å²) in [6, 6.07) is 9.40. The first kappa shape index (κ1) is 70.1. The number of ether oxygens (including phenoxy) is 2. The van der Waals surface area contributed by atoms with Gasteiger partial charge in [-0.05, 0) is 24.5 Å². The highest BCUT2D eigenvalue weighted by molar-refractivity contribution is 5.87. The third kappa shape index (κ3) is 29.7. The molecule has 0 aliphatic carbocycles. The number of esters is 2. The first-order valence-corrected chi connectivity index (χ1v) is 9.07. The minimum atomic E-state index is -0.487. The van der Waals surface area contributed by atoms with Crippen LogP contribution in [0.5, 0.6) is 0 Å². The molecule has 0 amide bonds. The Morgan fingerprint density at radius 1 is 0.757 bits per heavy atom. The van der Waals surface area contributed by atoms with Gasteiger partial charge in [0.05, 0.1) is 5.92 Å². The third-order valence-corrected chi connectivity index (χ3v) is 4.15. The standard InChI is InChI=1S/C21H28O5.11CH4/c1-4-18(15-16(3)19(22)5-2)21(24)26-14-13-25-20(23)12-11-17-9-7-6-8-10-17;;;;;;;;;;;/h6-12,16,18H,4-5,13-15H2,1-3H3;11*1H4/b12-11-;;;;;;;;;;;. The van der Waals surface area contributed by atoms with Crippen LogP contribution in [0.1, 0.15) is 127 Å². The van der Waals surface area contributed by atoms with Crippen molar-refractivity contribution in [3.63, 3.8) is 0 Å². The lowest BCUT2D eigenvalue weighted by Crippen LogP contribution is -2.24. The molecule has 0 radical (unpaired) electrons. The summed E-state index contributed by atoms with van der Waals surface area (Å²) >= 11 is 0. The minimum Gasteiger partial charge on any atom is -0.462 e. The lowest BCUT2D eigenvalue weighted by Gasteiger charge is -2.17. The molecule has 0 saturated carbocycles. The second-order valence-electron chi connectivity index (χ2n) is 6.14. The van der Waals surface area contributed by atoms with Crippen molar-refractivity contribution in [1.29, 1.82) is 0 Å². The van der Waals surface area contributed by atoms with Gasteiger partial charge in [-0.15, -0.1) is 0 Å². The topological polar surface area (TPSA) is 69.7 Å². The highest BCUT2D eigenvalue weighted by atomic mass is 16.6. The number of hydrogen-bond acceptors (Lipinski definition) is 5. The summed E-state index contributed by atoms with van der Waals surface area (Å²) in [5.41, 5.74) is 0.900. The van der Waals surface area contributed by atoms with Crippen LogP contribution in [0, 0.1) is 11.8 Å². The molecule has 0 aromatic heterocycles. The number of hydrogen-bond donors (Lipinski definition) is 0. The van der Waals surface area contributed by atoms with Crippen LogP contribution in [-0.2, 0) is 23.9 Å². The Hall–Kier alpha value is -2.43. The van der Waals surface area contributed by atoms with Crippen molar-refractivity contribution in [2.45, 2.75) is 122 Å². The van der Waals surface area contributed by atoms with Gasteiger partial charge in [0.15, 0.2) is 0 Å². The zero-order valence-electron chi connectivity index (χ0n) is 15.8. The van der Waals surface area contributed by atoms with E-state index in [4.69, 9.17) is 9.47 Å². The number of benzene rings is 1. The average molecular weight is 537 g/mol. The van der Waals surface area contributed by atoms with Crippen LogP contribution in [-0.4, -0.2) is 30.9 Å². The molecule has 0 aliphatic heterocycles. The molecule has 0 bridgehead atoms. The van der Waals surface area contributed by atoms with E-state index in [1.54, 1.807) is 6.08 Å². The molecule has 0 spiro atoms. The fraction of sp³-hybridized carbons (Fsp3) is 0.656. The lowest BCUT2D eigenvalue weighted by atomic mass is 9.90. The van der Waals surface area contributed by atoms with Gasteiger partial charge in [0.25, 0.3) is 0 Å². The molecular formula is C32H72O5. The largest absolute Gasteiger partial charge is 0.462 e. The zero-order chi connectivity index (χ0) is 19.4. The quantitative estimate of drug-likeness (QED) is 0.160. The average Bonchev–Trinajstić information content (AvgIpc) is 2.67. The van der Waals surface area contributed by atoms with E-state index in [0.29, 0.717) is 19.3 Å². The second-order valence-corrected chi connectivity index (χ2v) is 6.14. The van der Waals surface area contributed by atoms with Crippen molar-refractivity contribution >= 4 is 23.8 Å². The Balaban J connectivity index is -0.0000000683. The van der Waals surface area contributed by atoms with E-state index in [2.05, 4.69) is 0 Å². The predicted octanol–water partition coefficient (Wildman–Crippen LogP) is 10.8. The van der Waals surface area contributed by atoms with Gasteiger partial charge in [-0.2, -0.15) is 0 Å². The van der Waals surface area contributed by atoms with Gasteiger partial charge in [-0.1, -0.05) is 133 Å². The molecule has 0 aliphatic rings. The predicted molar refractivity (Wildman–Crippen MR) is 174 cm³/mol. The molecule has 1 rings (SSSR count). The van der Waals surface area contributed by atoms with E-state index in [9.17, 15) is 14.4 Å². The summed E-state index contributed by atoms with van der Waals surface area (Å²) in [6.07, 6.45) is 4.57. The van der Waals surface area contributed by atoms with E-state index in [-0.39, 0.29) is 118 Å². The molecule has 2 unspecified atom stereocenters. The molecule has 37 heavy (non-hydrogen) atoms. The van der Waals surface area contributed by atoms with Gasteiger partial charge in [-0.3, -0.25) is 9.59 Å². The van der Waals surface area contributed by atoms with Gasteiger partial charge in [0, 0.05) is 18.4 Å². The monoisotopic (exact) mass is 537 g/mol. The Morgan fingerprint density at radius 3 is 1.65 bits per heavy atom. The fourth-order valence-electron chi connectivity index (χ4n) is 2.52. The Morgan fingerprint density at radius 2 is 1.22 bits per heavy atom.